The summed E-state index contributed by atoms with van der Waals surface area (Å²) in [7, 11) is 0. The van der Waals surface area contributed by atoms with E-state index in [9.17, 15) is 9.59 Å². The number of halogens is 1. The van der Waals surface area contributed by atoms with Gasteiger partial charge in [0.1, 0.15) is 0 Å². The smallest absolute Gasteiger partial charge is 0.331 e. The van der Waals surface area contributed by atoms with Crippen molar-refractivity contribution < 1.29 is 14.3 Å². The van der Waals surface area contributed by atoms with Gasteiger partial charge in [0.2, 0.25) is 0 Å². The van der Waals surface area contributed by atoms with E-state index in [1.807, 2.05) is 48.7 Å². The summed E-state index contributed by atoms with van der Waals surface area (Å²) in [5.74, 6) is -0.842. The minimum Gasteiger partial charge on any atom is -0.452 e. The van der Waals surface area contributed by atoms with Crippen LogP contribution >= 0.6 is 11.6 Å². The number of amides is 1. The Hall–Kier alpha value is -3.38. The molecule has 0 aliphatic heterocycles. The number of esters is 1. The molecule has 7 heteroatoms. The van der Waals surface area contributed by atoms with Crippen molar-refractivity contribution >= 4 is 29.6 Å². The normalized spacial score (nSPS) is 14.3. The number of benzene rings is 2. The molecule has 1 saturated carbocycles. The average Bonchev–Trinajstić information content (AvgIpc) is 3.27. The number of carbonyl (C=O) groups excluding carboxylic acids is 2. The summed E-state index contributed by atoms with van der Waals surface area (Å²) < 4.78 is 6.89. The van der Waals surface area contributed by atoms with E-state index in [1.165, 1.54) is 12.5 Å². The Balaban J connectivity index is 1.45. The van der Waals surface area contributed by atoms with Gasteiger partial charge in [0.05, 0.1) is 11.4 Å². The molecule has 1 aliphatic carbocycles. The van der Waals surface area contributed by atoms with Crippen LogP contribution in [0.25, 0.3) is 23.0 Å². The highest BCUT2D eigenvalue weighted by atomic mass is 35.5. The van der Waals surface area contributed by atoms with E-state index >= 15 is 0 Å². The van der Waals surface area contributed by atoms with Gasteiger partial charge < -0.3 is 10.1 Å². The van der Waals surface area contributed by atoms with E-state index in [1.54, 1.807) is 22.9 Å². The zero-order valence-electron chi connectivity index (χ0n) is 18.2. The van der Waals surface area contributed by atoms with E-state index in [2.05, 4.69) is 5.32 Å². The third kappa shape index (κ3) is 6.33. The molecule has 1 amide bonds. The Bertz CT molecular complexity index is 1120. The van der Waals surface area contributed by atoms with E-state index in [-0.39, 0.29) is 18.6 Å². The molecule has 3 aromatic rings. The molecular formula is C26H26ClN3O3. The highest BCUT2D eigenvalue weighted by Crippen LogP contribution is 2.26. The van der Waals surface area contributed by atoms with Crippen molar-refractivity contribution in [1.82, 2.24) is 15.1 Å². The van der Waals surface area contributed by atoms with Crippen molar-refractivity contribution in [1.29, 1.82) is 0 Å². The van der Waals surface area contributed by atoms with Gasteiger partial charge in [0.15, 0.2) is 6.61 Å². The van der Waals surface area contributed by atoms with Gasteiger partial charge in [-0.05, 0) is 43.2 Å². The lowest BCUT2D eigenvalue weighted by molar-refractivity contribution is -0.144. The summed E-state index contributed by atoms with van der Waals surface area (Å²) in [6, 6.07) is 17.2. The lowest BCUT2D eigenvalue weighted by Crippen LogP contribution is -2.38. The predicted molar refractivity (Wildman–Crippen MR) is 129 cm³/mol. The minimum atomic E-state index is -0.580. The van der Waals surface area contributed by atoms with E-state index in [0.717, 1.165) is 42.5 Å². The Morgan fingerprint density at radius 1 is 1.06 bits per heavy atom. The summed E-state index contributed by atoms with van der Waals surface area (Å²) in [4.78, 5) is 24.3. The first kappa shape index (κ1) is 22.8. The monoisotopic (exact) mass is 463 g/mol. The van der Waals surface area contributed by atoms with Gasteiger partial charge >= 0.3 is 5.97 Å². The Kier molecular flexibility index (Phi) is 7.58. The van der Waals surface area contributed by atoms with Crippen LogP contribution in [0, 0.1) is 0 Å². The van der Waals surface area contributed by atoms with Crippen molar-refractivity contribution in [2.45, 2.75) is 38.1 Å². The number of nitrogens with one attached hydrogen (secondary N) is 1. The van der Waals surface area contributed by atoms with Gasteiger partial charge in [-0.3, -0.25) is 4.79 Å². The number of rotatable bonds is 7. The van der Waals surface area contributed by atoms with Gasteiger partial charge in [-0.15, -0.1) is 0 Å². The van der Waals surface area contributed by atoms with Crippen LogP contribution in [0.2, 0.25) is 5.02 Å². The van der Waals surface area contributed by atoms with Crippen LogP contribution in [0.3, 0.4) is 0 Å². The molecule has 0 atom stereocenters. The van der Waals surface area contributed by atoms with Crippen LogP contribution in [0.5, 0.6) is 0 Å². The molecule has 1 N–H and O–H groups in total. The zero-order chi connectivity index (χ0) is 23.0. The molecule has 4 rings (SSSR count). The second-order valence-electron chi connectivity index (χ2n) is 8.06. The van der Waals surface area contributed by atoms with Crippen LogP contribution in [0.4, 0.5) is 0 Å². The van der Waals surface area contributed by atoms with Gasteiger partial charge in [0.25, 0.3) is 5.91 Å². The number of hydrogen-bond acceptors (Lipinski definition) is 4. The second-order valence-corrected chi connectivity index (χ2v) is 8.50. The largest absolute Gasteiger partial charge is 0.452 e. The molecule has 0 unspecified atom stereocenters. The number of hydrogen-bond donors (Lipinski definition) is 1. The number of ether oxygens (including phenoxy) is 1. The number of nitrogens with zero attached hydrogens (tertiary/aromatic N) is 2. The maximum Gasteiger partial charge on any atom is 0.331 e. The number of carbonyl (C=O) groups is 2. The van der Waals surface area contributed by atoms with Crippen LogP contribution in [-0.4, -0.2) is 34.3 Å². The fourth-order valence-electron chi connectivity index (χ4n) is 3.91. The Morgan fingerprint density at radius 3 is 2.52 bits per heavy atom. The van der Waals surface area contributed by atoms with Crippen molar-refractivity contribution in [3.05, 3.63) is 77.5 Å². The third-order valence-electron chi connectivity index (χ3n) is 5.60. The van der Waals surface area contributed by atoms with E-state index in [0.29, 0.717) is 10.7 Å². The highest BCUT2D eigenvalue weighted by molar-refractivity contribution is 6.30. The van der Waals surface area contributed by atoms with E-state index in [4.69, 9.17) is 21.4 Å². The molecule has 1 aromatic heterocycles. The molecule has 1 aliphatic rings. The number of para-hydroxylation sites is 1. The first-order valence-electron chi connectivity index (χ1n) is 11.1. The van der Waals surface area contributed by atoms with Gasteiger partial charge in [-0.25, -0.2) is 9.48 Å². The quantitative estimate of drug-likeness (QED) is 0.386. The molecule has 0 spiro atoms. The average molecular weight is 464 g/mol. The maximum absolute atomic E-state index is 12.2. The first-order valence-corrected chi connectivity index (χ1v) is 11.5. The lowest BCUT2D eigenvalue weighted by atomic mass is 9.95. The van der Waals surface area contributed by atoms with Gasteiger partial charge in [-0.1, -0.05) is 61.2 Å². The van der Waals surface area contributed by atoms with Crippen molar-refractivity contribution in [3.8, 4) is 16.9 Å². The molecule has 33 heavy (non-hydrogen) atoms. The van der Waals surface area contributed by atoms with Crippen molar-refractivity contribution in [2.75, 3.05) is 6.61 Å². The predicted octanol–water partition coefficient (Wildman–Crippen LogP) is 5.20. The zero-order valence-corrected chi connectivity index (χ0v) is 19.0. The molecule has 170 valence electrons. The second kappa shape index (κ2) is 11.0. The summed E-state index contributed by atoms with van der Waals surface area (Å²) in [5, 5.41) is 8.28. The van der Waals surface area contributed by atoms with Crippen LogP contribution in [0.1, 0.15) is 37.7 Å². The molecular weight excluding hydrogens is 438 g/mol. The summed E-state index contributed by atoms with van der Waals surface area (Å²) in [6.45, 7) is -0.285. The highest BCUT2D eigenvalue weighted by Gasteiger charge is 2.16. The summed E-state index contributed by atoms with van der Waals surface area (Å²) >= 11 is 6.03. The van der Waals surface area contributed by atoms with Crippen LogP contribution in [0.15, 0.2) is 66.9 Å². The fraction of sp³-hybridized carbons (Fsp3) is 0.269. The van der Waals surface area contributed by atoms with Crippen LogP contribution in [-0.2, 0) is 14.3 Å². The molecule has 0 radical (unpaired) electrons. The molecule has 2 aromatic carbocycles. The van der Waals surface area contributed by atoms with Crippen LogP contribution < -0.4 is 5.32 Å². The van der Waals surface area contributed by atoms with Crippen molar-refractivity contribution in [2.24, 2.45) is 0 Å². The molecule has 6 nitrogen and oxygen atoms in total. The SMILES string of the molecule is O=C(COC(=O)C=Cc1cn(-c2ccccc2)nc1-c1ccc(Cl)cc1)NC1CCCCC1. The van der Waals surface area contributed by atoms with Gasteiger partial charge in [-0.2, -0.15) is 5.10 Å². The molecule has 0 saturated heterocycles. The first-order chi connectivity index (χ1) is 16.1. The maximum atomic E-state index is 12.2. The molecule has 1 heterocycles. The van der Waals surface area contributed by atoms with Crippen molar-refractivity contribution in [3.63, 3.8) is 0 Å². The fourth-order valence-corrected chi connectivity index (χ4v) is 4.04. The Morgan fingerprint density at radius 2 is 1.79 bits per heavy atom. The third-order valence-corrected chi connectivity index (χ3v) is 5.85. The topological polar surface area (TPSA) is 73.2 Å². The molecule has 1 fully saturated rings. The number of aromatic nitrogens is 2. The minimum absolute atomic E-state index is 0.186. The summed E-state index contributed by atoms with van der Waals surface area (Å²) in [6.07, 6.45) is 10.2. The molecule has 0 bridgehead atoms. The summed E-state index contributed by atoms with van der Waals surface area (Å²) in [5.41, 5.74) is 3.21. The Labute approximate surface area is 198 Å². The standard InChI is InChI=1S/C26H26ClN3O3/c27-21-14-11-19(12-15-21)26-20(17-30(29-26)23-9-5-2-6-10-23)13-16-25(32)33-18-24(31)28-22-7-3-1-4-8-22/h2,5-6,9-17,22H,1,3-4,7-8,18H2,(H,28,31). The van der Waals surface area contributed by atoms with E-state index < -0.39 is 5.97 Å². The lowest BCUT2D eigenvalue weighted by Gasteiger charge is -2.22. The van der Waals surface area contributed by atoms with Gasteiger partial charge in [0, 0.05) is 34.5 Å².